The first-order valence-electron chi connectivity index (χ1n) is 7.77. The molecule has 4 nitrogen and oxygen atoms in total. The molecule has 0 fully saturated rings. The molecule has 2 N–H and O–H groups in total. The van der Waals surface area contributed by atoms with Gasteiger partial charge in [0.25, 0.3) is 0 Å². The predicted octanol–water partition coefficient (Wildman–Crippen LogP) is 3.17. The van der Waals surface area contributed by atoms with Crippen LogP contribution in [0.15, 0.2) is 24.3 Å². The molecule has 0 bridgehead atoms. The number of anilines is 1. The van der Waals surface area contributed by atoms with Crippen molar-refractivity contribution in [1.29, 1.82) is 0 Å². The van der Waals surface area contributed by atoms with Gasteiger partial charge < -0.3 is 15.2 Å². The average molecular weight is 331 g/mol. The minimum Gasteiger partial charge on any atom is -0.454 e. The number of nitrogen functional groups attached to an aromatic ring is 1. The number of rotatable bonds is 0. The van der Waals surface area contributed by atoms with E-state index in [-0.39, 0.29) is 12.4 Å². The second-order valence-electron chi connectivity index (χ2n) is 6.43. The van der Waals surface area contributed by atoms with Gasteiger partial charge in [0.15, 0.2) is 11.5 Å². The summed E-state index contributed by atoms with van der Waals surface area (Å²) in [5.41, 5.74) is 13.6. The molecule has 1 aliphatic carbocycles. The Morgan fingerprint density at radius 1 is 1.17 bits per heavy atom. The van der Waals surface area contributed by atoms with Crippen molar-refractivity contribution in [1.82, 2.24) is 4.90 Å². The molecule has 0 amide bonds. The standard InChI is InChI=1S/C18H18N2O2.ClH/c1-20-5-4-11-6-12(19)8-13-16(11)14(20)7-10-2-3-15-18(17(10)13)22-9-21-15;/h2-3,6,8,14H,4-5,7,9,19H2,1H3;1H. The minimum atomic E-state index is 0. The SMILES string of the molecule is CN1CCc2cc(N)cc3c2C1Cc1ccc2c(c1-3)OCO2.Cl. The highest BCUT2D eigenvalue weighted by molar-refractivity contribution is 5.85. The maximum absolute atomic E-state index is 6.18. The summed E-state index contributed by atoms with van der Waals surface area (Å²) in [7, 11) is 2.21. The van der Waals surface area contributed by atoms with Gasteiger partial charge in [-0.25, -0.2) is 0 Å². The molecular weight excluding hydrogens is 312 g/mol. The van der Waals surface area contributed by atoms with Gasteiger partial charge in [0.05, 0.1) is 0 Å². The lowest BCUT2D eigenvalue weighted by Gasteiger charge is -2.40. The fraction of sp³-hybridized carbons (Fsp3) is 0.333. The predicted molar refractivity (Wildman–Crippen MR) is 92.4 cm³/mol. The molecule has 2 aliphatic heterocycles. The minimum absolute atomic E-state index is 0. The van der Waals surface area contributed by atoms with Gasteiger partial charge in [-0.3, -0.25) is 4.90 Å². The zero-order valence-electron chi connectivity index (χ0n) is 13.0. The highest BCUT2D eigenvalue weighted by Crippen LogP contribution is 2.52. The maximum Gasteiger partial charge on any atom is 0.231 e. The first kappa shape index (κ1) is 14.7. The molecule has 5 rings (SSSR count). The van der Waals surface area contributed by atoms with Gasteiger partial charge in [0, 0.05) is 23.8 Å². The molecule has 1 atom stereocenters. The van der Waals surface area contributed by atoms with Crippen molar-refractivity contribution in [2.45, 2.75) is 18.9 Å². The zero-order valence-corrected chi connectivity index (χ0v) is 13.8. The first-order chi connectivity index (χ1) is 10.7. The maximum atomic E-state index is 6.18. The molecule has 23 heavy (non-hydrogen) atoms. The van der Waals surface area contributed by atoms with Gasteiger partial charge in [-0.15, -0.1) is 12.4 Å². The Morgan fingerprint density at radius 2 is 2.04 bits per heavy atom. The number of hydrogen-bond acceptors (Lipinski definition) is 4. The summed E-state index contributed by atoms with van der Waals surface area (Å²) >= 11 is 0. The molecule has 0 saturated heterocycles. The Bertz CT molecular complexity index is 806. The zero-order chi connectivity index (χ0) is 14.8. The van der Waals surface area contributed by atoms with E-state index in [9.17, 15) is 0 Å². The second-order valence-corrected chi connectivity index (χ2v) is 6.43. The van der Waals surface area contributed by atoms with Crippen LogP contribution in [0, 0.1) is 0 Å². The first-order valence-corrected chi connectivity index (χ1v) is 7.77. The van der Waals surface area contributed by atoms with E-state index in [4.69, 9.17) is 15.2 Å². The lowest BCUT2D eigenvalue weighted by atomic mass is 9.76. The number of likely N-dealkylation sites (N-methyl/N-ethyl adjacent to an activating group) is 1. The monoisotopic (exact) mass is 330 g/mol. The molecule has 2 heterocycles. The van der Waals surface area contributed by atoms with E-state index in [0.717, 1.165) is 36.6 Å². The summed E-state index contributed by atoms with van der Waals surface area (Å²) in [5.74, 6) is 1.73. The van der Waals surface area contributed by atoms with Gasteiger partial charge in [-0.1, -0.05) is 6.07 Å². The van der Waals surface area contributed by atoms with Crippen molar-refractivity contribution in [3.8, 4) is 22.6 Å². The Balaban J connectivity index is 0.00000135. The van der Waals surface area contributed by atoms with E-state index in [2.05, 4.69) is 30.1 Å². The molecule has 0 spiro atoms. The highest BCUT2D eigenvalue weighted by atomic mass is 35.5. The van der Waals surface area contributed by atoms with Crippen molar-refractivity contribution < 1.29 is 9.47 Å². The molecule has 0 radical (unpaired) electrons. The van der Waals surface area contributed by atoms with E-state index in [1.54, 1.807) is 0 Å². The lowest BCUT2D eigenvalue weighted by Crippen LogP contribution is -2.35. The molecule has 1 unspecified atom stereocenters. The average Bonchev–Trinajstić information content (AvgIpc) is 2.98. The number of nitrogens with two attached hydrogens (primary N) is 1. The number of ether oxygens (including phenoxy) is 2. The number of halogens is 1. The Kier molecular flexibility index (Phi) is 3.22. The van der Waals surface area contributed by atoms with E-state index in [1.165, 1.54) is 27.8 Å². The van der Waals surface area contributed by atoms with E-state index in [0.29, 0.717) is 12.8 Å². The van der Waals surface area contributed by atoms with Crippen LogP contribution in [-0.2, 0) is 12.8 Å². The molecule has 0 aromatic heterocycles. The third kappa shape index (κ3) is 1.95. The molecule has 2 aromatic carbocycles. The lowest BCUT2D eigenvalue weighted by molar-refractivity contribution is 0.174. The second kappa shape index (κ2) is 5.05. The van der Waals surface area contributed by atoms with Gasteiger partial charge in [0.1, 0.15) is 0 Å². The summed E-state index contributed by atoms with van der Waals surface area (Å²) in [4.78, 5) is 2.45. The number of hydrogen-bond donors (Lipinski definition) is 1. The van der Waals surface area contributed by atoms with Crippen LogP contribution >= 0.6 is 12.4 Å². The van der Waals surface area contributed by atoms with Gasteiger partial charge in [-0.2, -0.15) is 0 Å². The summed E-state index contributed by atoms with van der Waals surface area (Å²) in [6, 6.07) is 8.89. The Hall–Kier alpha value is -1.91. The molecule has 0 saturated carbocycles. The topological polar surface area (TPSA) is 47.7 Å². The fourth-order valence-corrected chi connectivity index (χ4v) is 4.16. The smallest absolute Gasteiger partial charge is 0.231 e. The van der Waals surface area contributed by atoms with Gasteiger partial charge in [-0.05, 0) is 60.3 Å². The van der Waals surface area contributed by atoms with Crippen LogP contribution in [0.4, 0.5) is 5.69 Å². The van der Waals surface area contributed by atoms with Crippen LogP contribution < -0.4 is 15.2 Å². The third-order valence-electron chi connectivity index (χ3n) is 5.20. The highest BCUT2D eigenvalue weighted by Gasteiger charge is 2.36. The molecular formula is C18H19ClN2O2. The van der Waals surface area contributed by atoms with E-state index < -0.39 is 0 Å². The Morgan fingerprint density at radius 3 is 2.91 bits per heavy atom. The molecule has 2 aromatic rings. The summed E-state index contributed by atoms with van der Waals surface area (Å²) in [6.07, 6.45) is 2.08. The Labute approximate surface area is 141 Å². The third-order valence-corrected chi connectivity index (χ3v) is 5.20. The normalized spacial score (nSPS) is 20.5. The van der Waals surface area contributed by atoms with Crippen molar-refractivity contribution in [3.63, 3.8) is 0 Å². The van der Waals surface area contributed by atoms with Crippen LogP contribution in [-0.4, -0.2) is 25.3 Å². The number of benzene rings is 2. The van der Waals surface area contributed by atoms with Crippen molar-refractivity contribution >= 4 is 18.1 Å². The quantitative estimate of drug-likeness (QED) is 0.754. The fourth-order valence-electron chi connectivity index (χ4n) is 4.16. The van der Waals surface area contributed by atoms with Crippen LogP contribution in [0.5, 0.6) is 11.5 Å². The molecule has 3 aliphatic rings. The van der Waals surface area contributed by atoms with Crippen molar-refractivity contribution in [3.05, 3.63) is 41.0 Å². The molecule has 5 heteroatoms. The van der Waals surface area contributed by atoms with E-state index in [1.807, 2.05) is 6.07 Å². The largest absolute Gasteiger partial charge is 0.454 e. The summed E-state index contributed by atoms with van der Waals surface area (Å²) < 4.78 is 11.3. The number of nitrogens with zero attached hydrogens (tertiary/aromatic N) is 1. The van der Waals surface area contributed by atoms with E-state index >= 15 is 0 Å². The summed E-state index contributed by atoms with van der Waals surface area (Å²) in [6.45, 7) is 1.39. The van der Waals surface area contributed by atoms with Crippen LogP contribution in [0.3, 0.4) is 0 Å². The molecule has 120 valence electrons. The van der Waals surface area contributed by atoms with Gasteiger partial charge in [0.2, 0.25) is 6.79 Å². The van der Waals surface area contributed by atoms with Crippen LogP contribution in [0.2, 0.25) is 0 Å². The van der Waals surface area contributed by atoms with Crippen molar-refractivity contribution in [2.24, 2.45) is 0 Å². The van der Waals surface area contributed by atoms with Crippen molar-refractivity contribution in [2.75, 3.05) is 26.1 Å². The summed E-state index contributed by atoms with van der Waals surface area (Å²) in [5, 5.41) is 0. The van der Waals surface area contributed by atoms with Crippen LogP contribution in [0.25, 0.3) is 11.1 Å². The number of fused-ring (bicyclic) bond motifs is 4. The van der Waals surface area contributed by atoms with Gasteiger partial charge >= 0.3 is 0 Å². The van der Waals surface area contributed by atoms with Crippen LogP contribution in [0.1, 0.15) is 22.7 Å².